The lowest BCUT2D eigenvalue weighted by atomic mass is 9.94. The van der Waals surface area contributed by atoms with E-state index in [1.54, 1.807) is 0 Å². The van der Waals surface area contributed by atoms with E-state index < -0.39 is 0 Å². The van der Waals surface area contributed by atoms with E-state index in [1.165, 1.54) is 21.5 Å². The van der Waals surface area contributed by atoms with Crippen molar-refractivity contribution in [1.82, 2.24) is 14.5 Å². The Balaban J connectivity index is 1.06. The third-order valence-electron chi connectivity index (χ3n) is 12.8. The lowest BCUT2D eigenvalue weighted by Gasteiger charge is -2.15. The van der Waals surface area contributed by atoms with E-state index in [4.69, 9.17) is 14.4 Å². The van der Waals surface area contributed by atoms with Crippen LogP contribution in [0.3, 0.4) is 0 Å². The van der Waals surface area contributed by atoms with E-state index in [9.17, 15) is 0 Å². The second kappa shape index (κ2) is 14.1. The number of allylic oxidation sites excluding steroid dienone is 6. The maximum absolute atomic E-state index is 6.28. The van der Waals surface area contributed by atoms with Crippen LogP contribution in [-0.4, -0.2) is 14.5 Å². The zero-order valence-electron chi connectivity index (χ0n) is 34.2. The second-order valence-electron chi connectivity index (χ2n) is 16.4. The third-order valence-corrected chi connectivity index (χ3v) is 12.8. The van der Waals surface area contributed by atoms with Crippen molar-refractivity contribution >= 4 is 81.8 Å². The van der Waals surface area contributed by atoms with E-state index in [1.807, 2.05) is 12.1 Å². The zero-order chi connectivity index (χ0) is 41.4. The number of hydrogen-bond donors (Lipinski definition) is 0. The fraction of sp³-hybridized carbons (Fsp3) is 0.0169. The van der Waals surface area contributed by atoms with Crippen LogP contribution < -0.4 is 0 Å². The van der Waals surface area contributed by atoms with Crippen molar-refractivity contribution in [2.75, 3.05) is 0 Å². The maximum Gasteiger partial charge on any atom is 0.235 e. The summed E-state index contributed by atoms with van der Waals surface area (Å²) in [5, 5.41) is 10.4. The lowest BCUT2D eigenvalue weighted by Crippen LogP contribution is -2.05. The van der Waals surface area contributed by atoms with Crippen molar-refractivity contribution in [1.29, 1.82) is 0 Å². The average Bonchev–Trinajstić information content (AvgIpc) is 3.77. The molecule has 0 atom stereocenters. The molecule has 4 nitrogen and oxygen atoms in total. The van der Waals surface area contributed by atoms with Gasteiger partial charge in [-0.2, -0.15) is 0 Å². The quantitative estimate of drug-likeness (QED) is 0.163. The van der Waals surface area contributed by atoms with E-state index in [-0.39, 0.29) is 0 Å². The molecule has 1 aliphatic rings. The molecule has 4 heteroatoms. The van der Waals surface area contributed by atoms with E-state index in [2.05, 4.69) is 205 Å². The largest absolute Gasteiger partial charge is 0.456 e. The van der Waals surface area contributed by atoms with Crippen molar-refractivity contribution in [2.24, 2.45) is 0 Å². The van der Waals surface area contributed by atoms with Crippen molar-refractivity contribution < 1.29 is 4.42 Å². The Morgan fingerprint density at radius 1 is 0.429 bits per heavy atom. The number of aromatic nitrogens is 3. The van der Waals surface area contributed by atoms with Crippen LogP contribution in [0.25, 0.3) is 121 Å². The molecular weight excluding hydrogens is 767 g/mol. The minimum absolute atomic E-state index is 0.643. The Labute approximate surface area is 363 Å². The number of furan rings is 1. The standard InChI is InChI=1S/C59H37N3O/c1-2-4-17-37(16-3-1)56-50-27-9-11-30-52(50)60-59(61-56)62-57-43(28-15-29-51(57)55-48-25-7-5-22-44(48)45-23-6-8-26-49(45)58(55)62)42-21-14-20-40(35-42)38-18-13-19-39(34-38)41-32-33-47-46-24-10-12-31-53(46)63-54(47)36-41/h1,3-36H,2H2. The van der Waals surface area contributed by atoms with Gasteiger partial charge in [-0.3, -0.25) is 4.57 Å². The van der Waals surface area contributed by atoms with Crippen LogP contribution in [-0.2, 0) is 0 Å². The van der Waals surface area contributed by atoms with Crippen molar-refractivity contribution in [2.45, 2.75) is 6.42 Å². The van der Waals surface area contributed by atoms with E-state index in [0.29, 0.717) is 5.95 Å². The fourth-order valence-electron chi connectivity index (χ4n) is 9.93. The molecule has 0 aliphatic heterocycles. The molecule has 1 aliphatic carbocycles. The first-order chi connectivity index (χ1) is 31.2. The predicted molar refractivity (Wildman–Crippen MR) is 263 cm³/mol. The normalized spacial score (nSPS) is 13.0. The van der Waals surface area contributed by atoms with Crippen LogP contribution in [0.1, 0.15) is 12.1 Å². The smallest absolute Gasteiger partial charge is 0.235 e. The van der Waals surface area contributed by atoms with Crippen LogP contribution in [0.2, 0.25) is 0 Å². The highest BCUT2D eigenvalue weighted by Crippen LogP contribution is 2.45. The molecule has 0 N–H and O–H groups in total. The van der Waals surface area contributed by atoms with Gasteiger partial charge in [0, 0.05) is 43.5 Å². The Morgan fingerprint density at radius 2 is 1.05 bits per heavy atom. The Hall–Kier alpha value is -8.34. The molecule has 294 valence electrons. The van der Waals surface area contributed by atoms with Crippen LogP contribution in [0.5, 0.6) is 0 Å². The predicted octanol–water partition coefficient (Wildman–Crippen LogP) is 15.8. The minimum atomic E-state index is 0.643. The number of rotatable bonds is 5. The summed E-state index contributed by atoms with van der Waals surface area (Å²) in [5.74, 6) is 0.643. The molecule has 0 saturated heterocycles. The number of nitrogens with zero attached hydrogens (tertiary/aromatic N) is 3. The van der Waals surface area contributed by atoms with Gasteiger partial charge in [0.15, 0.2) is 0 Å². The summed E-state index contributed by atoms with van der Waals surface area (Å²) in [4.78, 5) is 11.0. The summed E-state index contributed by atoms with van der Waals surface area (Å²) in [6, 6.07) is 65.3. The molecule has 0 spiro atoms. The summed E-state index contributed by atoms with van der Waals surface area (Å²) < 4.78 is 8.63. The number of benzene rings is 9. The van der Waals surface area contributed by atoms with Gasteiger partial charge in [-0.05, 0) is 86.8 Å². The highest BCUT2D eigenvalue weighted by atomic mass is 16.3. The topological polar surface area (TPSA) is 43.9 Å². The van der Waals surface area contributed by atoms with Gasteiger partial charge in [-0.15, -0.1) is 0 Å². The minimum Gasteiger partial charge on any atom is -0.456 e. The fourth-order valence-corrected chi connectivity index (χ4v) is 9.93. The molecule has 0 bridgehead atoms. The van der Waals surface area contributed by atoms with Gasteiger partial charge < -0.3 is 4.42 Å². The summed E-state index contributed by atoms with van der Waals surface area (Å²) in [5.41, 5.74) is 13.6. The highest BCUT2D eigenvalue weighted by molar-refractivity contribution is 6.33. The molecule has 0 amide bonds. The Bertz CT molecular complexity index is 3950. The monoisotopic (exact) mass is 803 g/mol. The van der Waals surface area contributed by atoms with Gasteiger partial charge >= 0.3 is 0 Å². The number of fused-ring (bicyclic) bond motifs is 12. The van der Waals surface area contributed by atoms with Crippen LogP contribution in [0.15, 0.2) is 217 Å². The SMILES string of the molecule is C1=CCC=CC(c2nc(-n3c4c(-c5cccc(-c6cccc(-c7ccc8c(c7)oc7ccccc78)c6)c5)cccc4c4c5ccccc5c5ccccc5c43)nc3ccccc23)=C1. The highest BCUT2D eigenvalue weighted by Gasteiger charge is 2.24. The Kier molecular flexibility index (Phi) is 7.94. The molecule has 0 unspecified atom stereocenters. The van der Waals surface area contributed by atoms with Gasteiger partial charge in [0.1, 0.15) is 11.2 Å². The molecule has 13 rings (SSSR count). The first-order valence-electron chi connectivity index (χ1n) is 21.6. The van der Waals surface area contributed by atoms with Crippen molar-refractivity contribution in [3.05, 3.63) is 218 Å². The second-order valence-corrected chi connectivity index (χ2v) is 16.4. The number of para-hydroxylation sites is 3. The number of hydrogen-bond acceptors (Lipinski definition) is 3. The molecule has 0 fully saturated rings. The third kappa shape index (κ3) is 5.62. The average molecular weight is 804 g/mol. The molecule has 3 heterocycles. The lowest BCUT2D eigenvalue weighted by molar-refractivity contribution is 0.669. The van der Waals surface area contributed by atoms with Crippen molar-refractivity contribution in [3.8, 4) is 39.3 Å². The van der Waals surface area contributed by atoms with Crippen molar-refractivity contribution in [3.63, 3.8) is 0 Å². The first-order valence-corrected chi connectivity index (χ1v) is 21.6. The molecule has 9 aromatic carbocycles. The van der Waals surface area contributed by atoms with Gasteiger partial charge in [0.05, 0.1) is 22.2 Å². The summed E-state index contributed by atoms with van der Waals surface area (Å²) in [6.07, 6.45) is 11.7. The Morgan fingerprint density at radius 3 is 1.87 bits per heavy atom. The van der Waals surface area contributed by atoms with Gasteiger partial charge in [-0.25, -0.2) is 9.97 Å². The maximum atomic E-state index is 6.28. The van der Waals surface area contributed by atoms with Crippen LogP contribution in [0.4, 0.5) is 0 Å². The van der Waals surface area contributed by atoms with Crippen LogP contribution >= 0.6 is 0 Å². The van der Waals surface area contributed by atoms with Gasteiger partial charge in [-0.1, -0.05) is 176 Å². The molecular formula is C59H37N3O. The summed E-state index contributed by atoms with van der Waals surface area (Å²) in [6.45, 7) is 0. The zero-order valence-corrected chi connectivity index (χ0v) is 34.2. The summed E-state index contributed by atoms with van der Waals surface area (Å²) >= 11 is 0. The van der Waals surface area contributed by atoms with Gasteiger partial charge in [0.2, 0.25) is 5.95 Å². The van der Waals surface area contributed by atoms with Gasteiger partial charge in [0.25, 0.3) is 0 Å². The van der Waals surface area contributed by atoms with Crippen LogP contribution in [0, 0.1) is 0 Å². The van der Waals surface area contributed by atoms with E-state index in [0.717, 1.165) is 106 Å². The van der Waals surface area contributed by atoms with E-state index >= 15 is 0 Å². The molecule has 3 aromatic heterocycles. The molecule has 0 saturated carbocycles. The molecule has 63 heavy (non-hydrogen) atoms. The summed E-state index contributed by atoms with van der Waals surface area (Å²) in [7, 11) is 0. The first kappa shape index (κ1) is 35.4. The molecule has 12 aromatic rings. The molecule has 0 radical (unpaired) electrons.